The zero-order valence-corrected chi connectivity index (χ0v) is 19.4. The number of nitrogens with zero attached hydrogens (tertiary/aromatic N) is 4. The van der Waals surface area contributed by atoms with Crippen LogP contribution in [0.4, 0.5) is 5.95 Å². The van der Waals surface area contributed by atoms with E-state index >= 15 is 0 Å². The SMILES string of the molecule is CC1CCCN(c2nc3c(c(=O)[nH]c(=O)n3C)n2CC(O)COc2ccc(Cl)cc2Cl)C1. The van der Waals surface area contributed by atoms with Gasteiger partial charge in [0, 0.05) is 25.2 Å². The number of hydrogen-bond donors (Lipinski definition) is 2. The molecule has 11 heteroatoms. The van der Waals surface area contributed by atoms with Gasteiger partial charge >= 0.3 is 5.69 Å². The van der Waals surface area contributed by atoms with Crippen molar-refractivity contribution in [2.75, 3.05) is 24.6 Å². The third kappa shape index (κ3) is 4.51. The van der Waals surface area contributed by atoms with Crippen molar-refractivity contribution in [3.63, 3.8) is 0 Å². The van der Waals surface area contributed by atoms with Crippen LogP contribution in [0.5, 0.6) is 5.75 Å². The molecule has 0 radical (unpaired) electrons. The summed E-state index contributed by atoms with van der Waals surface area (Å²) in [6, 6.07) is 4.84. The molecule has 2 unspecified atom stereocenters. The fourth-order valence-electron chi connectivity index (χ4n) is 4.05. The van der Waals surface area contributed by atoms with Crippen LogP contribution in [0.3, 0.4) is 0 Å². The summed E-state index contributed by atoms with van der Waals surface area (Å²) in [6.07, 6.45) is 1.16. The monoisotopic (exact) mass is 481 g/mol. The van der Waals surface area contributed by atoms with Gasteiger partial charge in [-0.1, -0.05) is 30.1 Å². The topological polar surface area (TPSA) is 105 Å². The Morgan fingerprint density at radius 3 is 2.84 bits per heavy atom. The number of imidazole rings is 1. The van der Waals surface area contributed by atoms with Gasteiger partial charge in [-0.2, -0.15) is 4.98 Å². The average molecular weight is 482 g/mol. The van der Waals surface area contributed by atoms with Crippen molar-refractivity contribution in [1.29, 1.82) is 0 Å². The molecule has 172 valence electrons. The van der Waals surface area contributed by atoms with E-state index in [4.69, 9.17) is 27.9 Å². The second-order valence-electron chi connectivity index (χ2n) is 8.25. The molecule has 1 aromatic carbocycles. The Morgan fingerprint density at radius 2 is 2.12 bits per heavy atom. The lowest BCUT2D eigenvalue weighted by molar-refractivity contribution is 0.0936. The average Bonchev–Trinajstić information content (AvgIpc) is 3.11. The number of aryl methyl sites for hydroxylation is 1. The summed E-state index contributed by atoms with van der Waals surface area (Å²) >= 11 is 12.0. The van der Waals surface area contributed by atoms with E-state index < -0.39 is 17.4 Å². The summed E-state index contributed by atoms with van der Waals surface area (Å²) in [7, 11) is 1.56. The van der Waals surface area contributed by atoms with Crippen molar-refractivity contribution in [2.45, 2.75) is 32.4 Å². The third-order valence-corrected chi connectivity index (χ3v) is 6.18. The number of halogens is 2. The maximum atomic E-state index is 12.7. The number of piperidine rings is 1. The van der Waals surface area contributed by atoms with Crippen molar-refractivity contribution < 1.29 is 9.84 Å². The van der Waals surface area contributed by atoms with Gasteiger partial charge in [-0.05, 0) is 37.0 Å². The molecule has 2 N–H and O–H groups in total. The van der Waals surface area contributed by atoms with Crippen molar-refractivity contribution in [3.8, 4) is 5.75 Å². The predicted octanol–water partition coefficient (Wildman–Crippen LogP) is 2.41. The molecule has 32 heavy (non-hydrogen) atoms. The van der Waals surface area contributed by atoms with E-state index in [9.17, 15) is 14.7 Å². The molecule has 4 rings (SSSR count). The first-order valence-electron chi connectivity index (χ1n) is 10.4. The van der Waals surface area contributed by atoms with Gasteiger partial charge in [0.2, 0.25) is 5.95 Å². The van der Waals surface area contributed by atoms with Gasteiger partial charge in [-0.25, -0.2) is 4.79 Å². The molecule has 3 aromatic rings. The summed E-state index contributed by atoms with van der Waals surface area (Å²) < 4.78 is 8.64. The van der Waals surface area contributed by atoms with E-state index in [2.05, 4.69) is 21.8 Å². The van der Waals surface area contributed by atoms with E-state index in [0.717, 1.165) is 25.9 Å². The number of H-pyrrole nitrogens is 1. The van der Waals surface area contributed by atoms with Crippen LogP contribution in [0, 0.1) is 5.92 Å². The molecule has 3 heterocycles. The van der Waals surface area contributed by atoms with E-state index in [1.165, 1.54) is 4.57 Å². The Hall–Kier alpha value is -2.49. The van der Waals surface area contributed by atoms with Gasteiger partial charge in [0.1, 0.15) is 18.5 Å². The molecule has 1 saturated heterocycles. The molecule has 0 aliphatic carbocycles. The largest absolute Gasteiger partial charge is 0.489 e. The van der Waals surface area contributed by atoms with Crippen molar-refractivity contribution >= 4 is 40.3 Å². The van der Waals surface area contributed by atoms with Gasteiger partial charge < -0.3 is 19.3 Å². The van der Waals surface area contributed by atoms with E-state index in [1.807, 2.05) is 0 Å². The lowest BCUT2D eigenvalue weighted by Crippen LogP contribution is -2.37. The highest BCUT2D eigenvalue weighted by Crippen LogP contribution is 2.28. The lowest BCUT2D eigenvalue weighted by atomic mass is 10.0. The summed E-state index contributed by atoms with van der Waals surface area (Å²) in [6.45, 7) is 3.73. The molecule has 0 spiro atoms. The minimum Gasteiger partial charge on any atom is -0.489 e. The molecule has 1 aliphatic heterocycles. The summed E-state index contributed by atoms with van der Waals surface area (Å²) in [5.74, 6) is 1.43. The summed E-state index contributed by atoms with van der Waals surface area (Å²) in [4.78, 5) is 33.8. The molecule has 9 nitrogen and oxygen atoms in total. The van der Waals surface area contributed by atoms with Gasteiger partial charge in [-0.15, -0.1) is 0 Å². The van der Waals surface area contributed by atoms with Crippen LogP contribution in [0.1, 0.15) is 19.8 Å². The molecule has 1 fully saturated rings. The van der Waals surface area contributed by atoms with Gasteiger partial charge in [0.15, 0.2) is 11.2 Å². The van der Waals surface area contributed by atoms with Crippen molar-refractivity contribution in [2.24, 2.45) is 13.0 Å². The van der Waals surface area contributed by atoms with Crippen molar-refractivity contribution in [3.05, 3.63) is 49.1 Å². The summed E-state index contributed by atoms with van der Waals surface area (Å²) in [5.41, 5.74) is -0.558. The zero-order chi connectivity index (χ0) is 23.0. The number of aromatic nitrogens is 4. The Balaban J connectivity index is 1.66. The Labute approximate surface area is 194 Å². The molecule has 0 bridgehead atoms. The number of anilines is 1. The highest BCUT2D eigenvalue weighted by Gasteiger charge is 2.26. The molecule has 2 atom stereocenters. The van der Waals surface area contributed by atoms with Crippen LogP contribution >= 0.6 is 23.2 Å². The first-order valence-corrected chi connectivity index (χ1v) is 11.2. The smallest absolute Gasteiger partial charge is 0.329 e. The zero-order valence-electron chi connectivity index (χ0n) is 17.8. The minimum atomic E-state index is -0.961. The molecule has 0 saturated carbocycles. The van der Waals surface area contributed by atoms with E-state index in [0.29, 0.717) is 27.7 Å². The normalized spacial score (nSPS) is 17.7. The lowest BCUT2D eigenvalue weighted by Gasteiger charge is -2.32. The number of hydrogen-bond acceptors (Lipinski definition) is 6. The first kappa shape index (κ1) is 22.7. The number of aromatic amines is 1. The fraction of sp³-hybridized carbons (Fsp3) is 0.476. The Morgan fingerprint density at radius 1 is 1.34 bits per heavy atom. The number of rotatable bonds is 6. The van der Waals surface area contributed by atoms with Crippen LogP contribution in [0.2, 0.25) is 10.0 Å². The van der Waals surface area contributed by atoms with Crippen LogP contribution in [0.25, 0.3) is 11.2 Å². The Bertz CT molecular complexity index is 1250. The number of ether oxygens (including phenoxy) is 1. The third-order valence-electron chi connectivity index (χ3n) is 5.65. The molecular formula is C21H25Cl2N5O4. The molecular weight excluding hydrogens is 457 g/mol. The number of aliphatic hydroxyl groups excluding tert-OH is 1. The number of nitrogens with one attached hydrogen (secondary N) is 1. The number of fused-ring (bicyclic) bond motifs is 1. The number of aliphatic hydroxyl groups is 1. The highest BCUT2D eigenvalue weighted by atomic mass is 35.5. The first-order chi connectivity index (χ1) is 15.2. The van der Waals surface area contributed by atoms with Crippen LogP contribution in [-0.2, 0) is 13.6 Å². The Kier molecular flexibility index (Phi) is 6.50. The fourth-order valence-corrected chi connectivity index (χ4v) is 4.51. The van der Waals surface area contributed by atoms with Crippen LogP contribution in [-0.4, -0.2) is 50.0 Å². The quantitative estimate of drug-likeness (QED) is 0.559. The minimum absolute atomic E-state index is 0.0550. The highest BCUT2D eigenvalue weighted by molar-refractivity contribution is 6.35. The maximum Gasteiger partial charge on any atom is 0.329 e. The van der Waals surface area contributed by atoms with Crippen molar-refractivity contribution in [1.82, 2.24) is 19.1 Å². The molecule has 1 aliphatic rings. The predicted molar refractivity (Wildman–Crippen MR) is 124 cm³/mol. The van der Waals surface area contributed by atoms with Gasteiger partial charge in [-0.3, -0.25) is 14.3 Å². The summed E-state index contributed by atoms with van der Waals surface area (Å²) in [5, 5.41) is 11.6. The van der Waals surface area contributed by atoms with Gasteiger partial charge in [0.05, 0.1) is 11.6 Å². The second-order valence-corrected chi connectivity index (χ2v) is 9.09. The molecule has 2 aromatic heterocycles. The van der Waals surface area contributed by atoms with E-state index in [1.54, 1.807) is 29.8 Å². The second kappa shape index (κ2) is 9.17. The van der Waals surface area contributed by atoms with Crippen LogP contribution < -0.4 is 20.9 Å². The van der Waals surface area contributed by atoms with Gasteiger partial charge in [0.25, 0.3) is 5.56 Å². The van der Waals surface area contributed by atoms with Crippen LogP contribution in [0.15, 0.2) is 27.8 Å². The number of benzene rings is 1. The van der Waals surface area contributed by atoms with E-state index in [-0.39, 0.29) is 24.3 Å². The maximum absolute atomic E-state index is 12.7. The molecule has 0 amide bonds. The standard InChI is InChI=1S/C21H25Cl2N5O4/c1-12-4-3-7-27(9-12)20-24-18-17(19(30)25-21(31)26(18)2)28(20)10-14(29)11-32-16-6-5-13(22)8-15(16)23/h5-6,8,12,14,29H,3-4,7,9-11H2,1-2H3,(H,25,30,31).